The molecule has 0 amide bonds. The number of allylic oxidation sites excluding steroid dienone is 1. The van der Waals surface area contributed by atoms with Gasteiger partial charge < -0.3 is 10.3 Å². The molecule has 0 spiro atoms. The minimum atomic E-state index is 0.446. The Morgan fingerprint density at radius 1 is 1.40 bits per heavy atom. The van der Waals surface area contributed by atoms with Crippen molar-refractivity contribution >= 4 is 0 Å². The first-order valence-electron chi connectivity index (χ1n) is 4.06. The first kappa shape index (κ1) is 6.38. The lowest BCUT2D eigenvalue weighted by atomic mass is 9.87. The molecule has 2 rings (SSSR count). The minimum Gasteiger partial charge on any atom is -0.634 e. The second-order valence-corrected chi connectivity index (χ2v) is 3.39. The van der Waals surface area contributed by atoms with Gasteiger partial charge in [-0.05, 0) is 19.3 Å². The Labute approximate surface area is 61.1 Å². The van der Waals surface area contributed by atoms with Gasteiger partial charge in [0.15, 0.2) is 0 Å². The summed E-state index contributed by atoms with van der Waals surface area (Å²) < 4.78 is 0. The molecule has 1 saturated heterocycles. The van der Waals surface area contributed by atoms with Gasteiger partial charge in [0.05, 0.1) is 19.0 Å². The highest BCUT2D eigenvalue weighted by Gasteiger charge is 2.24. The lowest BCUT2D eigenvalue weighted by Crippen LogP contribution is -3.15. The molecule has 0 atom stereocenters. The number of hydroxylamine groups is 2. The fraction of sp³-hybridized carbons (Fsp3) is 0.750. The fourth-order valence-corrected chi connectivity index (χ4v) is 1.52. The molecule has 1 aliphatic carbocycles. The molecule has 0 aromatic rings. The van der Waals surface area contributed by atoms with Gasteiger partial charge in [-0.15, -0.1) is 0 Å². The van der Waals surface area contributed by atoms with Crippen LogP contribution in [0.3, 0.4) is 0 Å². The minimum absolute atomic E-state index is 0.446. The lowest BCUT2D eigenvalue weighted by molar-refractivity contribution is -0.899. The van der Waals surface area contributed by atoms with Gasteiger partial charge in [-0.3, -0.25) is 0 Å². The highest BCUT2D eigenvalue weighted by molar-refractivity contribution is 5.11. The van der Waals surface area contributed by atoms with Crippen LogP contribution in [0.1, 0.15) is 19.3 Å². The summed E-state index contributed by atoms with van der Waals surface area (Å²) >= 11 is 0. The lowest BCUT2D eigenvalue weighted by Gasteiger charge is -2.37. The largest absolute Gasteiger partial charge is 0.634 e. The van der Waals surface area contributed by atoms with Crippen LogP contribution < -0.4 is 5.06 Å². The van der Waals surface area contributed by atoms with E-state index >= 15 is 0 Å². The van der Waals surface area contributed by atoms with E-state index in [-0.39, 0.29) is 0 Å². The van der Waals surface area contributed by atoms with E-state index in [4.69, 9.17) is 0 Å². The van der Waals surface area contributed by atoms with Gasteiger partial charge in [0, 0.05) is 0 Å². The van der Waals surface area contributed by atoms with Crippen LogP contribution in [-0.4, -0.2) is 13.1 Å². The number of quaternary nitrogens is 1. The number of hydrogen-bond acceptors (Lipinski definition) is 1. The van der Waals surface area contributed by atoms with E-state index in [1.165, 1.54) is 19.3 Å². The van der Waals surface area contributed by atoms with Gasteiger partial charge in [0.1, 0.15) is 0 Å². The molecule has 2 aliphatic rings. The van der Waals surface area contributed by atoms with Gasteiger partial charge in [0.2, 0.25) is 0 Å². The summed E-state index contributed by atoms with van der Waals surface area (Å²) in [6, 6.07) is 0. The summed E-state index contributed by atoms with van der Waals surface area (Å²) in [4.78, 5) is 0. The molecule has 2 heteroatoms. The maximum atomic E-state index is 10.6. The molecule has 0 aromatic heterocycles. The monoisotopic (exact) mass is 139 g/mol. The third kappa shape index (κ3) is 1.09. The molecule has 1 aliphatic heterocycles. The quantitative estimate of drug-likeness (QED) is 0.405. The van der Waals surface area contributed by atoms with E-state index in [1.807, 2.05) is 0 Å². The molecule has 1 heterocycles. The molecule has 2 nitrogen and oxygen atoms in total. The molecule has 1 saturated carbocycles. The SMILES string of the molecule is [O-][NH+]1CC(C=C2CCC2)C1. The Kier molecular flexibility index (Phi) is 1.51. The van der Waals surface area contributed by atoms with E-state index in [0.717, 1.165) is 13.1 Å². The summed E-state index contributed by atoms with van der Waals surface area (Å²) in [5, 5.41) is 11.0. The Bertz CT molecular complexity index is 153. The Morgan fingerprint density at radius 2 is 2.10 bits per heavy atom. The van der Waals surface area contributed by atoms with Gasteiger partial charge in [-0.2, -0.15) is 0 Å². The number of hydrogen-bond donors (Lipinski definition) is 1. The standard InChI is InChI=1S/C8H13NO/c10-9-5-8(6-9)4-7-2-1-3-7/h4,8-9H,1-3,5-6H2. The van der Waals surface area contributed by atoms with Gasteiger partial charge in [-0.25, -0.2) is 0 Å². The summed E-state index contributed by atoms with van der Waals surface area (Å²) in [5.41, 5.74) is 1.59. The van der Waals surface area contributed by atoms with Gasteiger partial charge in [0.25, 0.3) is 0 Å². The van der Waals surface area contributed by atoms with E-state index in [9.17, 15) is 5.21 Å². The van der Waals surface area contributed by atoms with Crippen LogP contribution >= 0.6 is 0 Å². The molecule has 1 N–H and O–H groups in total. The molecule has 0 unspecified atom stereocenters. The van der Waals surface area contributed by atoms with Crippen LogP contribution in [0, 0.1) is 11.1 Å². The molecule has 0 bridgehead atoms. The summed E-state index contributed by atoms with van der Waals surface area (Å²) in [7, 11) is 0. The molecule has 0 radical (unpaired) electrons. The zero-order valence-corrected chi connectivity index (χ0v) is 6.10. The van der Waals surface area contributed by atoms with Crippen molar-refractivity contribution in [2.45, 2.75) is 19.3 Å². The average Bonchev–Trinajstić information content (AvgIpc) is 1.72. The number of rotatable bonds is 1. The van der Waals surface area contributed by atoms with Crippen LogP contribution in [0.2, 0.25) is 0 Å². The second kappa shape index (κ2) is 2.36. The van der Waals surface area contributed by atoms with E-state index in [2.05, 4.69) is 6.08 Å². The maximum Gasteiger partial charge on any atom is 0.0887 e. The maximum absolute atomic E-state index is 10.6. The zero-order valence-electron chi connectivity index (χ0n) is 6.10. The highest BCUT2D eigenvalue weighted by atomic mass is 16.5. The van der Waals surface area contributed by atoms with E-state index < -0.39 is 0 Å². The Hall–Kier alpha value is -0.340. The highest BCUT2D eigenvalue weighted by Crippen LogP contribution is 2.26. The van der Waals surface area contributed by atoms with E-state index in [0.29, 0.717) is 11.0 Å². The zero-order chi connectivity index (χ0) is 6.97. The van der Waals surface area contributed by atoms with Gasteiger partial charge >= 0.3 is 0 Å². The first-order valence-corrected chi connectivity index (χ1v) is 4.06. The van der Waals surface area contributed by atoms with Crippen molar-refractivity contribution < 1.29 is 5.06 Å². The third-order valence-corrected chi connectivity index (χ3v) is 2.45. The van der Waals surface area contributed by atoms with Crippen molar-refractivity contribution in [3.63, 3.8) is 0 Å². The Morgan fingerprint density at radius 3 is 2.50 bits per heavy atom. The first-order chi connectivity index (χ1) is 4.84. The second-order valence-electron chi connectivity index (χ2n) is 3.39. The predicted molar refractivity (Wildman–Crippen MR) is 39.5 cm³/mol. The molecule has 2 fully saturated rings. The molecule has 0 aromatic carbocycles. The molecule has 10 heavy (non-hydrogen) atoms. The van der Waals surface area contributed by atoms with Crippen molar-refractivity contribution in [3.8, 4) is 0 Å². The summed E-state index contributed by atoms with van der Waals surface area (Å²) in [6.45, 7) is 1.65. The summed E-state index contributed by atoms with van der Waals surface area (Å²) in [5.74, 6) is 0.628. The van der Waals surface area contributed by atoms with Crippen molar-refractivity contribution in [1.82, 2.24) is 0 Å². The fourth-order valence-electron chi connectivity index (χ4n) is 1.52. The molecular weight excluding hydrogens is 126 g/mol. The van der Waals surface area contributed by atoms with Crippen molar-refractivity contribution in [2.24, 2.45) is 5.92 Å². The van der Waals surface area contributed by atoms with Crippen molar-refractivity contribution in [3.05, 3.63) is 16.9 Å². The van der Waals surface area contributed by atoms with Crippen LogP contribution in [-0.2, 0) is 0 Å². The van der Waals surface area contributed by atoms with E-state index in [1.54, 1.807) is 5.57 Å². The van der Waals surface area contributed by atoms with Crippen LogP contribution in [0.25, 0.3) is 0 Å². The number of nitrogens with one attached hydrogen (secondary N) is 1. The van der Waals surface area contributed by atoms with Crippen molar-refractivity contribution in [1.29, 1.82) is 0 Å². The average molecular weight is 139 g/mol. The molecule has 56 valence electrons. The Balaban J connectivity index is 1.80. The topological polar surface area (TPSA) is 27.5 Å². The smallest absolute Gasteiger partial charge is 0.0887 e. The summed E-state index contributed by atoms with van der Waals surface area (Å²) in [6.07, 6.45) is 6.28. The third-order valence-electron chi connectivity index (χ3n) is 2.45. The normalized spacial score (nSPS) is 38.3. The molecular formula is C8H13NO. The predicted octanol–water partition coefficient (Wildman–Crippen LogP) is 0.109. The van der Waals surface area contributed by atoms with Crippen LogP contribution in [0.4, 0.5) is 0 Å². The van der Waals surface area contributed by atoms with Crippen molar-refractivity contribution in [2.75, 3.05) is 13.1 Å². The van der Waals surface area contributed by atoms with Crippen LogP contribution in [0.5, 0.6) is 0 Å². The van der Waals surface area contributed by atoms with Gasteiger partial charge in [-0.1, -0.05) is 11.6 Å². The van der Waals surface area contributed by atoms with Crippen LogP contribution in [0.15, 0.2) is 11.6 Å².